The average Bonchev–Trinajstić information content (AvgIpc) is 2.92. The van der Waals surface area contributed by atoms with Crippen molar-refractivity contribution in [3.05, 3.63) is 35.9 Å². The first-order valence-corrected chi connectivity index (χ1v) is 15.6. The highest BCUT2D eigenvalue weighted by Gasteiger charge is 2.54. The van der Waals surface area contributed by atoms with E-state index in [4.69, 9.17) is 14.3 Å². The summed E-state index contributed by atoms with van der Waals surface area (Å²) in [6.45, 7) is 10.6. The number of rotatable bonds is 10. The molecule has 2 aliphatic carbocycles. The predicted molar refractivity (Wildman–Crippen MR) is 154 cm³/mol. The molecule has 1 saturated heterocycles. The minimum Gasteiger partial charge on any atom is -0.462 e. The highest BCUT2D eigenvalue weighted by Crippen LogP contribution is 2.53. The summed E-state index contributed by atoms with van der Waals surface area (Å²) in [7, 11) is 0. The second-order valence-corrected chi connectivity index (χ2v) is 13.4. The monoisotopic (exact) mass is 571 g/mol. The van der Waals surface area contributed by atoms with E-state index in [9.17, 15) is 19.5 Å². The standard InChI is InChI=1S/C33H49NO7/c1-6-33(4,5)32(38)40-27-16-21(3)29(31(37)41-34-19-22-10-8-7-9-11-22)26-14-12-20(2)25(30(26)27)15-13-24-17-23(35)18-28(36)39-24/h7-11,20-21,23-27,29-30,34-35H,6,12-19H2,1-5H3/t20-,21+,23+,24+,25-,26-,27-,29+,30+/m0/s1. The molecule has 0 amide bonds. The molecule has 2 saturated carbocycles. The number of hydrogen-bond acceptors (Lipinski definition) is 8. The first-order valence-electron chi connectivity index (χ1n) is 15.6. The van der Waals surface area contributed by atoms with Crippen molar-refractivity contribution >= 4 is 17.9 Å². The Balaban J connectivity index is 1.53. The molecule has 1 heterocycles. The maximum absolute atomic E-state index is 13.6. The molecule has 9 atom stereocenters. The molecule has 8 nitrogen and oxygen atoms in total. The second kappa shape index (κ2) is 13.7. The Morgan fingerprint density at radius 2 is 1.80 bits per heavy atom. The number of hydrogen-bond donors (Lipinski definition) is 2. The van der Waals surface area contributed by atoms with Crippen LogP contribution in [0.4, 0.5) is 0 Å². The van der Waals surface area contributed by atoms with E-state index < -0.39 is 11.5 Å². The fourth-order valence-electron chi connectivity index (χ4n) is 7.34. The summed E-state index contributed by atoms with van der Waals surface area (Å²) in [5.74, 6) is -0.529. The van der Waals surface area contributed by atoms with Gasteiger partial charge in [0.05, 0.1) is 30.4 Å². The summed E-state index contributed by atoms with van der Waals surface area (Å²) in [6.07, 6.45) is 3.76. The Morgan fingerprint density at radius 3 is 2.49 bits per heavy atom. The fourth-order valence-corrected chi connectivity index (χ4v) is 7.34. The zero-order valence-electron chi connectivity index (χ0n) is 25.3. The smallest absolute Gasteiger partial charge is 0.328 e. The molecule has 0 radical (unpaired) electrons. The zero-order valence-corrected chi connectivity index (χ0v) is 25.3. The van der Waals surface area contributed by atoms with Crippen molar-refractivity contribution in [2.45, 2.75) is 111 Å². The Morgan fingerprint density at radius 1 is 1.07 bits per heavy atom. The summed E-state index contributed by atoms with van der Waals surface area (Å²) in [6, 6.07) is 9.81. The van der Waals surface area contributed by atoms with E-state index >= 15 is 0 Å². The Kier molecular flexibility index (Phi) is 10.5. The molecule has 0 aromatic heterocycles. The number of carbonyl (C=O) groups is 3. The molecule has 228 valence electrons. The lowest BCUT2D eigenvalue weighted by Gasteiger charge is -2.52. The van der Waals surface area contributed by atoms with Gasteiger partial charge < -0.3 is 19.4 Å². The molecule has 2 N–H and O–H groups in total. The molecule has 1 aromatic rings. The summed E-state index contributed by atoms with van der Waals surface area (Å²) >= 11 is 0. The summed E-state index contributed by atoms with van der Waals surface area (Å²) in [4.78, 5) is 44.5. The van der Waals surface area contributed by atoms with Crippen LogP contribution in [0.3, 0.4) is 0 Å². The van der Waals surface area contributed by atoms with Crippen LogP contribution < -0.4 is 5.48 Å². The third-order valence-electron chi connectivity index (χ3n) is 10.1. The molecule has 4 rings (SSSR count). The molecule has 3 aliphatic rings. The highest BCUT2D eigenvalue weighted by molar-refractivity contribution is 5.76. The second-order valence-electron chi connectivity index (χ2n) is 13.4. The van der Waals surface area contributed by atoms with Gasteiger partial charge in [-0.1, -0.05) is 57.5 Å². The molecule has 8 heteroatoms. The number of aliphatic hydroxyl groups is 1. The summed E-state index contributed by atoms with van der Waals surface area (Å²) in [5.41, 5.74) is 3.32. The van der Waals surface area contributed by atoms with Gasteiger partial charge in [-0.3, -0.25) is 14.4 Å². The van der Waals surface area contributed by atoms with E-state index in [1.165, 1.54) is 0 Å². The van der Waals surface area contributed by atoms with Crippen LogP contribution in [0.25, 0.3) is 0 Å². The predicted octanol–water partition coefficient (Wildman–Crippen LogP) is 5.36. The molecule has 0 unspecified atom stereocenters. The van der Waals surface area contributed by atoms with E-state index in [2.05, 4.69) is 19.3 Å². The SMILES string of the molecule is CCC(C)(C)C(=O)O[C@H]1C[C@@H](C)[C@@H](C(=O)ONCc2ccccc2)[C@@H]2CC[C@H](C)[C@H](CC[C@@H]3C[C@@H](O)CC(=O)O3)[C@H]21. The number of esters is 2. The molecule has 0 bridgehead atoms. The summed E-state index contributed by atoms with van der Waals surface area (Å²) in [5, 5.41) is 10.1. The zero-order chi connectivity index (χ0) is 29.7. The lowest BCUT2D eigenvalue weighted by molar-refractivity contribution is -0.187. The van der Waals surface area contributed by atoms with E-state index in [0.717, 1.165) is 24.8 Å². The maximum atomic E-state index is 13.6. The molecular formula is C33H49NO7. The van der Waals surface area contributed by atoms with Crippen LogP contribution in [-0.4, -0.2) is 41.3 Å². The van der Waals surface area contributed by atoms with E-state index in [-0.39, 0.29) is 66.1 Å². The number of cyclic esters (lactones) is 1. The first-order chi connectivity index (χ1) is 19.5. The molecular weight excluding hydrogens is 522 g/mol. The van der Waals surface area contributed by atoms with Crippen LogP contribution in [0.5, 0.6) is 0 Å². The van der Waals surface area contributed by atoms with Crippen molar-refractivity contribution in [3.8, 4) is 0 Å². The van der Waals surface area contributed by atoms with Gasteiger partial charge in [0.25, 0.3) is 0 Å². The average molecular weight is 572 g/mol. The van der Waals surface area contributed by atoms with Gasteiger partial charge in [0.1, 0.15) is 12.2 Å². The number of fused-ring (bicyclic) bond motifs is 1. The Bertz CT molecular complexity index is 1040. The van der Waals surface area contributed by atoms with Crippen molar-refractivity contribution in [2.75, 3.05) is 0 Å². The number of carbonyl (C=O) groups excluding carboxylic acids is 3. The normalized spacial score (nSPS) is 33.8. The largest absolute Gasteiger partial charge is 0.462 e. The highest BCUT2D eigenvalue weighted by atomic mass is 16.7. The molecule has 3 fully saturated rings. The van der Waals surface area contributed by atoms with Gasteiger partial charge in [0, 0.05) is 12.3 Å². The van der Waals surface area contributed by atoms with Gasteiger partial charge in [0.2, 0.25) is 0 Å². The van der Waals surface area contributed by atoms with Crippen LogP contribution in [0.2, 0.25) is 0 Å². The van der Waals surface area contributed by atoms with Crippen molar-refractivity contribution < 1.29 is 33.8 Å². The van der Waals surface area contributed by atoms with Gasteiger partial charge in [0.15, 0.2) is 0 Å². The minimum absolute atomic E-state index is 0.00226. The number of benzene rings is 1. The van der Waals surface area contributed by atoms with Gasteiger partial charge in [-0.2, -0.15) is 0 Å². The van der Waals surface area contributed by atoms with E-state index in [0.29, 0.717) is 38.1 Å². The molecule has 41 heavy (non-hydrogen) atoms. The third kappa shape index (κ3) is 7.69. The van der Waals surface area contributed by atoms with Gasteiger partial charge in [-0.25, -0.2) is 0 Å². The van der Waals surface area contributed by atoms with Crippen molar-refractivity contribution in [1.82, 2.24) is 5.48 Å². The Labute approximate surface area is 244 Å². The molecule has 1 aromatic carbocycles. The number of hydroxylamine groups is 1. The minimum atomic E-state index is -0.666. The van der Waals surface area contributed by atoms with Gasteiger partial charge in [-0.05, 0) is 75.2 Å². The topological polar surface area (TPSA) is 111 Å². The van der Waals surface area contributed by atoms with Crippen LogP contribution in [0.15, 0.2) is 30.3 Å². The van der Waals surface area contributed by atoms with Crippen LogP contribution >= 0.6 is 0 Å². The lowest BCUT2D eigenvalue weighted by Crippen LogP contribution is -2.54. The van der Waals surface area contributed by atoms with Gasteiger partial charge >= 0.3 is 17.9 Å². The number of nitrogens with one attached hydrogen (secondary N) is 1. The lowest BCUT2D eigenvalue weighted by atomic mass is 9.54. The number of ether oxygens (including phenoxy) is 2. The van der Waals surface area contributed by atoms with Gasteiger partial charge in [-0.15, -0.1) is 5.48 Å². The fraction of sp³-hybridized carbons (Fsp3) is 0.727. The van der Waals surface area contributed by atoms with E-state index in [1.807, 2.05) is 51.1 Å². The third-order valence-corrected chi connectivity index (χ3v) is 10.1. The van der Waals surface area contributed by atoms with Crippen LogP contribution in [-0.2, 0) is 35.2 Å². The maximum Gasteiger partial charge on any atom is 0.328 e. The molecule has 0 spiro atoms. The van der Waals surface area contributed by atoms with E-state index in [1.54, 1.807) is 0 Å². The van der Waals surface area contributed by atoms with Crippen LogP contribution in [0, 0.1) is 40.9 Å². The summed E-state index contributed by atoms with van der Waals surface area (Å²) < 4.78 is 11.9. The van der Waals surface area contributed by atoms with Crippen molar-refractivity contribution in [1.29, 1.82) is 0 Å². The Hall–Kier alpha value is -2.45. The quantitative estimate of drug-likeness (QED) is 0.219. The molecule has 1 aliphatic heterocycles. The number of aliphatic hydroxyl groups excluding tert-OH is 1. The van der Waals surface area contributed by atoms with Crippen LogP contribution in [0.1, 0.15) is 91.5 Å². The first kappa shape index (κ1) is 31.5. The van der Waals surface area contributed by atoms with Crippen molar-refractivity contribution in [2.24, 2.45) is 40.9 Å². The van der Waals surface area contributed by atoms with Crippen molar-refractivity contribution in [3.63, 3.8) is 0 Å².